The third kappa shape index (κ3) is 2.58. The molecule has 94 valence electrons. The fourth-order valence-electron chi connectivity index (χ4n) is 2.51. The molecule has 1 aromatic rings. The Morgan fingerprint density at radius 1 is 1.35 bits per heavy atom. The number of halogens is 1. The molecule has 0 N–H and O–H groups in total. The maximum absolute atomic E-state index is 6.49. The minimum absolute atomic E-state index is 0.0548. The van der Waals surface area contributed by atoms with E-state index in [2.05, 4.69) is 26.0 Å². The first-order valence-electron chi connectivity index (χ1n) is 6.04. The van der Waals surface area contributed by atoms with Crippen molar-refractivity contribution in [3.63, 3.8) is 0 Å². The molecule has 2 nitrogen and oxygen atoms in total. The van der Waals surface area contributed by atoms with Gasteiger partial charge < -0.3 is 9.47 Å². The molecule has 1 fully saturated rings. The highest BCUT2D eigenvalue weighted by Gasteiger charge is 2.26. The van der Waals surface area contributed by atoms with E-state index in [-0.39, 0.29) is 11.5 Å². The lowest BCUT2D eigenvalue weighted by molar-refractivity contribution is 0.107. The van der Waals surface area contributed by atoms with E-state index < -0.39 is 0 Å². The van der Waals surface area contributed by atoms with E-state index in [9.17, 15) is 0 Å². The quantitative estimate of drug-likeness (QED) is 0.765. The zero-order valence-electron chi connectivity index (χ0n) is 10.6. The molecule has 1 aliphatic heterocycles. The van der Waals surface area contributed by atoms with E-state index in [0.717, 1.165) is 41.9 Å². The SMILES string of the molecule is COc1c(C)cc(C(Cl)C2CCCO2)cc1C. The van der Waals surface area contributed by atoms with Crippen LogP contribution in [0.4, 0.5) is 0 Å². The number of methoxy groups -OCH3 is 1. The molecule has 1 aromatic carbocycles. The Labute approximate surface area is 108 Å². The second-order valence-electron chi connectivity index (χ2n) is 4.64. The third-order valence-electron chi connectivity index (χ3n) is 3.30. The summed E-state index contributed by atoms with van der Waals surface area (Å²) in [6.45, 7) is 4.94. The van der Waals surface area contributed by atoms with E-state index in [1.54, 1.807) is 7.11 Å². The highest BCUT2D eigenvalue weighted by Crippen LogP contribution is 2.35. The molecule has 2 atom stereocenters. The van der Waals surface area contributed by atoms with Crippen molar-refractivity contribution < 1.29 is 9.47 Å². The summed E-state index contributed by atoms with van der Waals surface area (Å²) in [4.78, 5) is 0. The van der Waals surface area contributed by atoms with E-state index in [1.165, 1.54) is 0 Å². The number of ether oxygens (including phenoxy) is 2. The van der Waals surface area contributed by atoms with Crippen LogP contribution >= 0.6 is 11.6 Å². The van der Waals surface area contributed by atoms with Crippen LogP contribution in [0.5, 0.6) is 5.75 Å². The van der Waals surface area contributed by atoms with Gasteiger partial charge in [0.2, 0.25) is 0 Å². The lowest BCUT2D eigenvalue weighted by Crippen LogP contribution is -2.13. The minimum Gasteiger partial charge on any atom is -0.496 e. The minimum atomic E-state index is -0.0548. The molecule has 0 bridgehead atoms. The van der Waals surface area contributed by atoms with E-state index in [4.69, 9.17) is 21.1 Å². The fourth-order valence-corrected chi connectivity index (χ4v) is 2.84. The van der Waals surface area contributed by atoms with Crippen molar-refractivity contribution in [3.05, 3.63) is 28.8 Å². The maximum atomic E-state index is 6.49. The zero-order valence-corrected chi connectivity index (χ0v) is 11.4. The molecule has 0 spiro atoms. The van der Waals surface area contributed by atoms with E-state index in [0.29, 0.717) is 0 Å². The van der Waals surface area contributed by atoms with Crippen molar-refractivity contribution in [2.75, 3.05) is 13.7 Å². The van der Waals surface area contributed by atoms with Gasteiger partial charge in [0.25, 0.3) is 0 Å². The van der Waals surface area contributed by atoms with Gasteiger partial charge in [-0.3, -0.25) is 0 Å². The van der Waals surface area contributed by atoms with Crippen molar-refractivity contribution >= 4 is 11.6 Å². The molecular formula is C14H19ClO2. The molecule has 2 unspecified atom stereocenters. The molecule has 17 heavy (non-hydrogen) atoms. The summed E-state index contributed by atoms with van der Waals surface area (Å²) in [6, 6.07) is 4.20. The van der Waals surface area contributed by atoms with Crippen LogP contribution in [0, 0.1) is 13.8 Å². The lowest BCUT2D eigenvalue weighted by Gasteiger charge is -2.19. The molecule has 0 aromatic heterocycles. The average molecular weight is 255 g/mol. The Kier molecular flexibility index (Phi) is 3.95. The van der Waals surface area contributed by atoms with Crippen LogP contribution in [0.25, 0.3) is 0 Å². The van der Waals surface area contributed by atoms with Gasteiger partial charge in [-0.2, -0.15) is 0 Å². The van der Waals surface area contributed by atoms with Crippen LogP contribution in [0.2, 0.25) is 0 Å². The normalized spacial score (nSPS) is 21.5. The second kappa shape index (κ2) is 5.28. The number of alkyl halides is 1. The summed E-state index contributed by atoms with van der Waals surface area (Å²) < 4.78 is 11.0. The third-order valence-corrected chi connectivity index (χ3v) is 3.83. The van der Waals surface area contributed by atoms with Gasteiger partial charge in [-0.25, -0.2) is 0 Å². The highest BCUT2D eigenvalue weighted by atomic mass is 35.5. The van der Waals surface area contributed by atoms with Crippen LogP contribution < -0.4 is 4.74 Å². The zero-order chi connectivity index (χ0) is 12.4. The Balaban J connectivity index is 2.26. The number of aryl methyl sites for hydroxylation is 2. The summed E-state index contributed by atoms with van der Waals surface area (Å²) in [6.07, 6.45) is 2.32. The average Bonchev–Trinajstić information content (AvgIpc) is 2.81. The molecule has 1 heterocycles. The van der Waals surface area contributed by atoms with Crippen LogP contribution in [0.15, 0.2) is 12.1 Å². The first-order chi connectivity index (χ1) is 8.13. The summed E-state index contributed by atoms with van der Waals surface area (Å²) >= 11 is 6.49. The number of hydrogen-bond donors (Lipinski definition) is 0. The Morgan fingerprint density at radius 3 is 2.47 bits per heavy atom. The van der Waals surface area contributed by atoms with Gasteiger partial charge in [-0.1, -0.05) is 12.1 Å². The number of benzene rings is 1. The molecule has 3 heteroatoms. The first kappa shape index (κ1) is 12.7. The molecule has 1 aliphatic rings. The van der Waals surface area contributed by atoms with Gasteiger partial charge in [0.1, 0.15) is 5.75 Å². The van der Waals surface area contributed by atoms with Gasteiger partial charge in [0, 0.05) is 6.61 Å². The lowest BCUT2D eigenvalue weighted by atomic mass is 9.99. The maximum Gasteiger partial charge on any atom is 0.124 e. The molecule has 1 saturated heterocycles. The molecule has 0 radical (unpaired) electrons. The van der Waals surface area contributed by atoms with Crippen molar-refractivity contribution in [1.29, 1.82) is 0 Å². The predicted molar refractivity (Wildman–Crippen MR) is 70.0 cm³/mol. The summed E-state index contributed by atoms with van der Waals surface area (Å²) in [5.74, 6) is 0.949. The van der Waals surface area contributed by atoms with Crippen molar-refractivity contribution in [3.8, 4) is 5.75 Å². The predicted octanol–water partition coefficient (Wildman–Crippen LogP) is 3.77. The van der Waals surface area contributed by atoms with E-state index >= 15 is 0 Å². The van der Waals surface area contributed by atoms with Crippen LogP contribution in [-0.4, -0.2) is 19.8 Å². The van der Waals surface area contributed by atoms with Gasteiger partial charge in [-0.05, 0) is 43.4 Å². The number of rotatable bonds is 3. The second-order valence-corrected chi connectivity index (χ2v) is 5.11. The van der Waals surface area contributed by atoms with Gasteiger partial charge >= 0.3 is 0 Å². The van der Waals surface area contributed by atoms with Crippen LogP contribution in [0.3, 0.4) is 0 Å². The van der Waals surface area contributed by atoms with Crippen molar-refractivity contribution in [1.82, 2.24) is 0 Å². The topological polar surface area (TPSA) is 18.5 Å². The summed E-state index contributed by atoms with van der Waals surface area (Å²) in [5.41, 5.74) is 3.40. The van der Waals surface area contributed by atoms with Crippen molar-refractivity contribution in [2.45, 2.75) is 38.2 Å². The first-order valence-corrected chi connectivity index (χ1v) is 6.48. The van der Waals surface area contributed by atoms with Crippen LogP contribution in [-0.2, 0) is 4.74 Å². The standard InChI is InChI=1S/C14H19ClO2/c1-9-7-11(8-10(2)14(9)16-3)13(15)12-5-4-6-17-12/h7-8,12-13H,4-6H2,1-3H3. The van der Waals surface area contributed by atoms with Gasteiger partial charge in [0.15, 0.2) is 0 Å². The van der Waals surface area contributed by atoms with Crippen LogP contribution in [0.1, 0.15) is 34.9 Å². The Morgan fingerprint density at radius 2 is 2.00 bits per heavy atom. The Bertz CT molecular complexity index is 374. The summed E-state index contributed by atoms with van der Waals surface area (Å²) in [5, 5.41) is -0.0548. The van der Waals surface area contributed by atoms with Gasteiger partial charge in [-0.15, -0.1) is 11.6 Å². The molecule has 0 saturated carbocycles. The fraction of sp³-hybridized carbons (Fsp3) is 0.571. The van der Waals surface area contributed by atoms with E-state index in [1.807, 2.05) is 0 Å². The number of hydrogen-bond acceptors (Lipinski definition) is 2. The monoisotopic (exact) mass is 254 g/mol. The molecular weight excluding hydrogens is 236 g/mol. The highest BCUT2D eigenvalue weighted by molar-refractivity contribution is 6.21. The molecule has 2 rings (SSSR count). The molecule has 0 aliphatic carbocycles. The van der Waals surface area contributed by atoms with Gasteiger partial charge in [0.05, 0.1) is 18.6 Å². The molecule has 0 amide bonds. The Hall–Kier alpha value is -0.730. The van der Waals surface area contributed by atoms with Crippen molar-refractivity contribution in [2.24, 2.45) is 0 Å². The smallest absolute Gasteiger partial charge is 0.124 e. The summed E-state index contributed by atoms with van der Waals surface area (Å²) in [7, 11) is 1.70. The largest absolute Gasteiger partial charge is 0.496 e.